The molecule has 2 N–H and O–H groups in total. The van der Waals surface area contributed by atoms with Crippen LogP contribution < -0.4 is 15.4 Å². The van der Waals surface area contributed by atoms with Crippen molar-refractivity contribution >= 4 is 11.9 Å². The van der Waals surface area contributed by atoms with Crippen molar-refractivity contribution in [1.82, 2.24) is 10.6 Å². The van der Waals surface area contributed by atoms with Crippen molar-refractivity contribution in [3.63, 3.8) is 0 Å². The zero-order chi connectivity index (χ0) is 22.2. The number of nitrogens with one attached hydrogen (secondary N) is 2. The minimum absolute atomic E-state index is 0.305. The topological polar surface area (TPSA) is 62.7 Å². The summed E-state index contributed by atoms with van der Waals surface area (Å²) in [4.78, 5) is 18.0. The monoisotopic (exact) mass is 427 g/mol. The van der Waals surface area contributed by atoms with E-state index in [2.05, 4.69) is 17.6 Å². The van der Waals surface area contributed by atoms with E-state index in [1.165, 1.54) is 12.8 Å². The summed E-state index contributed by atoms with van der Waals surface area (Å²) >= 11 is 0. The molecule has 1 aliphatic heterocycles. The van der Waals surface area contributed by atoms with Gasteiger partial charge in [0.25, 0.3) is 0 Å². The van der Waals surface area contributed by atoms with Gasteiger partial charge in [0.15, 0.2) is 5.66 Å². The van der Waals surface area contributed by atoms with Crippen molar-refractivity contribution < 1.29 is 9.53 Å². The molecule has 164 valence electrons. The lowest BCUT2D eigenvalue weighted by atomic mass is 9.90. The number of ether oxygens (including phenoxy) is 1. The summed E-state index contributed by atoms with van der Waals surface area (Å²) in [6.45, 7) is 2.82. The molecule has 2 amide bonds. The fraction of sp³-hybridized carbons (Fsp3) is 0.259. The highest BCUT2D eigenvalue weighted by atomic mass is 16.5. The number of hydrogen-bond donors (Lipinski definition) is 2. The molecule has 3 aromatic rings. The van der Waals surface area contributed by atoms with E-state index in [1.54, 1.807) is 0 Å². The number of urea groups is 1. The summed E-state index contributed by atoms with van der Waals surface area (Å²) in [7, 11) is 0. The molecule has 1 atom stereocenters. The van der Waals surface area contributed by atoms with Crippen LogP contribution >= 0.6 is 0 Å². The van der Waals surface area contributed by atoms with E-state index < -0.39 is 5.66 Å². The lowest BCUT2D eigenvalue weighted by Gasteiger charge is -2.37. The third-order valence-electron chi connectivity index (χ3n) is 5.58. The van der Waals surface area contributed by atoms with Gasteiger partial charge in [-0.05, 0) is 12.5 Å². The molecule has 0 fully saturated rings. The summed E-state index contributed by atoms with van der Waals surface area (Å²) < 4.78 is 6.22. The highest BCUT2D eigenvalue weighted by molar-refractivity contribution is 6.09. The molecule has 0 aromatic heterocycles. The Hall–Kier alpha value is -3.60. The number of nitrogens with zero attached hydrogens (tertiary/aromatic N) is 1. The Balaban J connectivity index is 1.80. The molecule has 3 aromatic carbocycles. The highest BCUT2D eigenvalue weighted by Gasteiger charge is 2.41. The Morgan fingerprint density at radius 1 is 0.844 bits per heavy atom. The molecular formula is C27H29N3O2. The second kappa shape index (κ2) is 10.1. The molecule has 0 aliphatic carbocycles. The summed E-state index contributed by atoms with van der Waals surface area (Å²) in [6, 6.07) is 27.1. The number of benzene rings is 3. The number of para-hydroxylation sites is 1. The van der Waals surface area contributed by atoms with Gasteiger partial charge in [-0.25, -0.2) is 9.79 Å². The normalized spacial score (nSPS) is 17.8. The van der Waals surface area contributed by atoms with E-state index in [0.717, 1.165) is 35.3 Å². The van der Waals surface area contributed by atoms with E-state index in [0.29, 0.717) is 12.4 Å². The smallest absolute Gasteiger partial charge is 0.322 e. The lowest BCUT2D eigenvalue weighted by Crippen LogP contribution is -2.56. The molecule has 0 spiro atoms. The van der Waals surface area contributed by atoms with E-state index >= 15 is 0 Å². The molecule has 0 bridgehead atoms. The van der Waals surface area contributed by atoms with Crippen LogP contribution in [0.15, 0.2) is 89.9 Å². The van der Waals surface area contributed by atoms with Gasteiger partial charge in [0.1, 0.15) is 11.6 Å². The Morgan fingerprint density at radius 3 is 2.28 bits per heavy atom. The summed E-state index contributed by atoms with van der Waals surface area (Å²) in [5.41, 5.74) is 1.42. The van der Waals surface area contributed by atoms with Crippen molar-refractivity contribution in [2.45, 2.75) is 38.3 Å². The first-order chi connectivity index (χ1) is 15.7. The van der Waals surface area contributed by atoms with Crippen molar-refractivity contribution in [3.05, 3.63) is 102 Å². The van der Waals surface area contributed by atoms with Crippen LogP contribution in [0.3, 0.4) is 0 Å². The predicted octanol–water partition coefficient (Wildman–Crippen LogP) is 5.61. The van der Waals surface area contributed by atoms with Gasteiger partial charge in [0.05, 0.1) is 6.61 Å². The van der Waals surface area contributed by atoms with Crippen molar-refractivity contribution in [2.24, 2.45) is 4.99 Å². The minimum Gasteiger partial charge on any atom is -0.493 e. The zero-order valence-corrected chi connectivity index (χ0v) is 18.4. The van der Waals surface area contributed by atoms with E-state index in [9.17, 15) is 4.79 Å². The fourth-order valence-corrected chi connectivity index (χ4v) is 3.96. The Kier molecular flexibility index (Phi) is 6.85. The molecule has 5 heteroatoms. The Bertz CT molecular complexity index is 1070. The van der Waals surface area contributed by atoms with Gasteiger partial charge in [-0.2, -0.15) is 0 Å². The molecule has 0 radical (unpaired) electrons. The Morgan fingerprint density at radius 2 is 1.53 bits per heavy atom. The summed E-state index contributed by atoms with van der Waals surface area (Å²) in [5.74, 6) is 1.25. The standard InChI is InChI=1S/C27H29N3O2/c1-2-3-4-13-20-32-24-19-12-11-18-23(24)27(22-16-9-6-10-17-22)29-25(28-26(31)30-27)21-14-7-5-8-15-21/h5-12,14-19H,2-4,13,20H2,1H3,(H2,28,29,30,31). The van der Waals surface area contributed by atoms with Crippen molar-refractivity contribution in [1.29, 1.82) is 0 Å². The van der Waals surface area contributed by atoms with Gasteiger partial charge in [-0.3, -0.25) is 5.32 Å². The van der Waals surface area contributed by atoms with Gasteiger partial charge in [-0.15, -0.1) is 0 Å². The first kappa shape index (κ1) is 21.6. The predicted molar refractivity (Wildman–Crippen MR) is 128 cm³/mol. The molecule has 0 saturated carbocycles. The van der Waals surface area contributed by atoms with Gasteiger partial charge < -0.3 is 10.1 Å². The van der Waals surface area contributed by atoms with Gasteiger partial charge >= 0.3 is 6.03 Å². The minimum atomic E-state index is -1.10. The molecule has 5 nitrogen and oxygen atoms in total. The average molecular weight is 428 g/mol. The van der Waals surface area contributed by atoms with E-state index in [4.69, 9.17) is 9.73 Å². The number of rotatable bonds is 9. The van der Waals surface area contributed by atoms with Crippen LogP contribution in [-0.2, 0) is 5.66 Å². The van der Waals surface area contributed by atoms with Crippen LogP contribution in [0.1, 0.15) is 49.3 Å². The highest BCUT2D eigenvalue weighted by Crippen LogP contribution is 2.38. The third kappa shape index (κ3) is 4.67. The number of carbonyl (C=O) groups excluding carboxylic acids is 1. The molecule has 32 heavy (non-hydrogen) atoms. The lowest BCUT2D eigenvalue weighted by molar-refractivity contribution is 0.231. The summed E-state index contributed by atoms with van der Waals surface area (Å²) in [5, 5.41) is 5.97. The largest absolute Gasteiger partial charge is 0.493 e. The number of aliphatic imine (C=N–C) groups is 1. The number of amides is 2. The van der Waals surface area contributed by atoms with Crippen molar-refractivity contribution in [2.75, 3.05) is 6.61 Å². The van der Waals surface area contributed by atoms with Crippen LogP contribution in [-0.4, -0.2) is 18.5 Å². The zero-order valence-electron chi connectivity index (χ0n) is 18.4. The summed E-state index contributed by atoms with van der Waals surface area (Å²) in [6.07, 6.45) is 4.52. The van der Waals surface area contributed by atoms with Gasteiger partial charge in [0.2, 0.25) is 0 Å². The van der Waals surface area contributed by atoms with Crippen LogP contribution in [0.5, 0.6) is 5.75 Å². The average Bonchev–Trinajstić information content (AvgIpc) is 2.85. The van der Waals surface area contributed by atoms with Crippen molar-refractivity contribution in [3.8, 4) is 5.75 Å². The number of hydrogen-bond acceptors (Lipinski definition) is 3. The first-order valence-electron chi connectivity index (χ1n) is 11.2. The number of amidine groups is 1. The van der Waals surface area contributed by atoms with Crippen LogP contribution in [0, 0.1) is 0 Å². The van der Waals surface area contributed by atoms with Crippen LogP contribution in [0.2, 0.25) is 0 Å². The van der Waals surface area contributed by atoms with Crippen LogP contribution in [0.4, 0.5) is 4.79 Å². The fourth-order valence-electron chi connectivity index (χ4n) is 3.96. The van der Waals surface area contributed by atoms with E-state index in [-0.39, 0.29) is 6.03 Å². The van der Waals surface area contributed by atoms with Crippen LogP contribution in [0.25, 0.3) is 0 Å². The van der Waals surface area contributed by atoms with Gasteiger partial charge in [-0.1, -0.05) is 105 Å². The molecule has 1 heterocycles. The second-order valence-electron chi connectivity index (χ2n) is 7.89. The molecule has 1 unspecified atom stereocenters. The van der Waals surface area contributed by atoms with Gasteiger partial charge in [0, 0.05) is 16.7 Å². The number of carbonyl (C=O) groups is 1. The third-order valence-corrected chi connectivity index (χ3v) is 5.58. The second-order valence-corrected chi connectivity index (χ2v) is 7.89. The van der Waals surface area contributed by atoms with E-state index in [1.807, 2.05) is 84.9 Å². The molecular weight excluding hydrogens is 398 g/mol. The Labute approximate surface area is 189 Å². The maximum absolute atomic E-state index is 12.9. The first-order valence-corrected chi connectivity index (χ1v) is 11.2. The number of unbranched alkanes of at least 4 members (excludes halogenated alkanes) is 3. The molecule has 1 aliphatic rings. The molecule has 4 rings (SSSR count). The quantitative estimate of drug-likeness (QED) is 0.436. The maximum Gasteiger partial charge on any atom is 0.322 e. The maximum atomic E-state index is 12.9. The SMILES string of the molecule is CCCCCCOc1ccccc1C1(c2ccccc2)N=C(c2ccccc2)NC(=O)N1. The molecule has 0 saturated heterocycles.